The summed E-state index contributed by atoms with van der Waals surface area (Å²) >= 11 is 0. The van der Waals surface area contributed by atoms with Gasteiger partial charge in [0, 0.05) is 87.0 Å². The summed E-state index contributed by atoms with van der Waals surface area (Å²) in [6.07, 6.45) is 0. The second-order valence-corrected chi connectivity index (χ2v) is 35.2. The Morgan fingerprint density at radius 3 is 0.746 bits per heavy atom. The van der Waals surface area contributed by atoms with E-state index in [-0.39, 0.29) is 21.7 Å². The molecule has 0 unspecified atom stereocenters. The summed E-state index contributed by atoms with van der Waals surface area (Å²) < 4.78 is 10.4. The first kappa shape index (κ1) is 67.0. The number of para-hydroxylation sites is 4. The molecule has 25 rings (SSSR count). The molecule has 0 radical (unpaired) electrons. The summed E-state index contributed by atoms with van der Waals surface area (Å²) in [5, 5.41) is 9.24. The highest BCUT2D eigenvalue weighted by atomic mass is 15.2. The number of nitrogens with zero attached hydrogens (tertiary/aromatic N) is 8. The van der Waals surface area contributed by atoms with E-state index in [4.69, 9.17) is 19.9 Å². The molecule has 4 aliphatic rings. The normalized spacial score (nSPS) is 14.7. The van der Waals surface area contributed by atoms with Gasteiger partial charge in [0.1, 0.15) is 11.4 Å². The van der Waals surface area contributed by atoms with Gasteiger partial charge in [-0.15, -0.1) is 0 Å². The van der Waals surface area contributed by atoms with Crippen LogP contribution in [0.2, 0.25) is 0 Å². The number of rotatable bonds is 8. The van der Waals surface area contributed by atoms with Gasteiger partial charge in [-0.3, -0.25) is 9.13 Å². The van der Waals surface area contributed by atoms with Crippen LogP contribution in [0.3, 0.4) is 0 Å². The van der Waals surface area contributed by atoms with Crippen LogP contribution in [0.15, 0.2) is 328 Å². The number of hydrogen-bond donors (Lipinski definition) is 0. The Hall–Kier alpha value is -14.3. The van der Waals surface area contributed by atoms with Crippen LogP contribution in [0.4, 0.5) is 0 Å². The van der Waals surface area contributed by atoms with Crippen molar-refractivity contribution in [2.75, 3.05) is 0 Å². The van der Waals surface area contributed by atoms with Crippen molar-refractivity contribution >= 4 is 87.2 Å². The number of benzene rings is 15. The van der Waals surface area contributed by atoms with E-state index in [0.29, 0.717) is 17.5 Å². The van der Waals surface area contributed by atoms with Gasteiger partial charge in [-0.25, -0.2) is 19.9 Å². The molecule has 0 spiro atoms. The summed E-state index contributed by atoms with van der Waals surface area (Å²) in [5.41, 5.74) is 34.2. The van der Waals surface area contributed by atoms with E-state index in [1.807, 2.05) is 36.4 Å². The summed E-state index contributed by atoms with van der Waals surface area (Å²) in [6, 6.07) is 123. The fraction of sp³-hybridized carbons (Fsp3) is 0.109. The molecule has 0 aliphatic heterocycles. The van der Waals surface area contributed by atoms with Gasteiger partial charge < -0.3 is 9.13 Å². The molecule has 0 bridgehead atoms. The minimum atomic E-state index is -0.289. The van der Waals surface area contributed by atoms with Crippen molar-refractivity contribution < 1.29 is 0 Å². The van der Waals surface area contributed by atoms with Crippen molar-refractivity contribution in [3.05, 3.63) is 372 Å². The average molecular weight is 1510 g/mol. The quantitative estimate of drug-likeness (QED) is 0.152. The molecule has 0 N–H and O–H groups in total. The molecule has 0 atom stereocenters. The number of aromatic nitrogens is 8. The Balaban J connectivity index is 0.924. The minimum absolute atomic E-state index is 0.280. The molecule has 0 fully saturated rings. The molecule has 8 heteroatoms. The lowest BCUT2D eigenvalue weighted by Crippen LogP contribution is -2.17. The number of hydrogen-bond acceptors (Lipinski definition) is 4. The van der Waals surface area contributed by atoms with Gasteiger partial charge in [-0.1, -0.05) is 310 Å². The van der Waals surface area contributed by atoms with E-state index in [1.54, 1.807) is 0 Å². The van der Waals surface area contributed by atoms with Gasteiger partial charge in [-0.2, -0.15) is 0 Å². The van der Waals surface area contributed by atoms with Gasteiger partial charge in [0.15, 0.2) is 29.1 Å². The van der Waals surface area contributed by atoms with E-state index < -0.39 is 0 Å². The van der Waals surface area contributed by atoms with Crippen LogP contribution in [-0.2, 0) is 21.7 Å². The van der Waals surface area contributed by atoms with Gasteiger partial charge in [-0.05, 0) is 167 Å². The Morgan fingerprint density at radius 1 is 0.186 bits per heavy atom. The summed E-state index contributed by atoms with van der Waals surface area (Å²) in [5.74, 6) is 3.31. The second-order valence-electron chi connectivity index (χ2n) is 35.2. The standard InChI is InChI=1S/C110H78N8/c1-107(2)83-43-23-15-35-67(83)75-59-95-79(55-87(75)107)71-39-19-27-47-91(71)115(95)100-99(63-51-53-66(54-52-63)104-112-102(64-31-11-9-12-32-64)111-103(113-104)65-33-13-10-14-34-65)101(116-92-48-28-20-40-72(92)80-56-88-76(60-96(80)116)68-36-16-24-44-84(68)108(88,3)4)106(118-94-50-30-22-42-74(94)82-58-90-78(62-98(82)118)70-38-18-26-46-86(70)110(90,7)8)114-105(100)117-93-49-29-21-41-73(93)81-57-89-77(61-97(81)117)69-37-17-25-45-85(69)109(89,5)6/h9-62H,1-8H3. The van der Waals surface area contributed by atoms with E-state index in [2.05, 4.69) is 365 Å². The molecule has 558 valence electrons. The molecular formula is C110H78N8. The molecule has 0 saturated carbocycles. The van der Waals surface area contributed by atoms with Crippen molar-refractivity contribution in [2.45, 2.75) is 77.0 Å². The number of fused-ring (bicyclic) bond motifs is 24. The molecular weight excluding hydrogens is 1430 g/mol. The first-order valence-electron chi connectivity index (χ1n) is 41.4. The Labute approximate surface area is 682 Å². The molecule has 118 heavy (non-hydrogen) atoms. The van der Waals surface area contributed by atoms with Crippen molar-refractivity contribution in [1.29, 1.82) is 0 Å². The topological polar surface area (TPSA) is 71.3 Å². The summed E-state index contributed by atoms with van der Waals surface area (Å²) in [7, 11) is 0. The van der Waals surface area contributed by atoms with Crippen molar-refractivity contribution in [2.24, 2.45) is 0 Å². The maximum Gasteiger partial charge on any atom is 0.165 e. The predicted octanol–water partition coefficient (Wildman–Crippen LogP) is 27.5. The predicted molar refractivity (Wildman–Crippen MR) is 487 cm³/mol. The number of pyridine rings is 1. The lowest BCUT2D eigenvalue weighted by atomic mass is 9.82. The fourth-order valence-corrected chi connectivity index (χ4v) is 21.9. The average Bonchev–Trinajstić information content (AvgIpc) is 1.49. The van der Waals surface area contributed by atoms with Crippen LogP contribution in [0, 0.1) is 0 Å². The molecule has 0 amide bonds. The summed E-state index contributed by atoms with van der Waals surface area (Å²) in [6.45, 7) is 19.2. The maximum atomic E-state index is 6.98. The van der Waals surface area contributed by atoms with E-state index >= 15 is 0 Å². The summed E-state index contributed by atoms with van der Waals surface area (Å²) in [4.78, 5) is 23.0. The molecule has 15 aromatic carbocycles. The van der Waals surface area contributed by atoms with Crippen LogP contribution in [0.5, 0.6) is 0 Å². The van der Waals surface area contributed by atoms with Gasteiger partial charge in [0.25, 0.3) is 0 Å². The Bertz CT molecular complexity index is 7590. The van der Waals surface area contributed by atoms with Gasteiger partial charge in [0.2, 0.25) is 0 Å². The van der Waals surface area contributed by atoms with Crippen LogP contribution in [-0.4, -0.2) is 38.2 Å². The highest BCUT2D eigenvalue weighted by Gasteiger charge is 2.43. The monoisotopic (exact) mass is 1510 g/mol. The third-order valence-electron chi connectivity index (χ3n) is 27.6. The zero-order chi connectivity index (χ0) is 78.7. The van der Waals surface area contributed by atoms with Crippen LogP contribution >= 0.6 is 0 Å². The maximum absolute atomic E-state index is 6.98. The third-order valence-corrected chi connectivity index (χ3v) is 27.6. The second kappa shape index (κ2) is 23.7. The minimum Gasteiger partial charge on any atom is -0.305 e. The van der Waals surface area contributed by atoms with E-state index in [9.17, 15) is 0 Å². The molecule has 8 nitrogen and oxygen atoms in total. The first-order valence-corrected chi connectivity index (χ1v) is 41.4. The van der Waals surface area contributed by atoms with E-state index in [0.717, 1.165) is 127 Å². The Kier molecular flexibility index (Phi) is 13.5. The Morgan fingerprint density at radius 2 is 0.432 bits per heavy atom. The first-order chi connectivity index (χ1) is 57.6. The zero-order valence-corrected chi connectivity index (χ0v) is 66.8. The molecule has 21 aromatic rings. The lowest BCUT2D eigenvalue weighted by molar-refractivity contribution is 0.661. The van der Waals surface area contributed by atoms with E-state index in [1.165, 1.54) is 99.8 Å². The fourth-order valence-electron chi connectivity index (χ4n) is 21.9. The lowest BCUT2D eigenvalue weighted by Gasteiger charge is -2.27. The highest BCUT2D eigenvalue weighted by molar-refractivity contribution is 6.18. The van der Waals surface area contributed by atoms with Gasteiger partial charge in [0.05, 0.1) is 44.1 Å². The smallest absolute Gasteiger partial charge is 0.165 e. The molecule has 6 heterocycles. The van der Waals surface area contributed by atoms with Crippen molar-refractivity contribution in [1.82, 2.24) is 38.2 Å². The van der Waals surface area contributed by atoms with Crippen LogP contribution in [0.1, 0.15) is 99.9 Å². The largest absolute Gasteiger partial charge is 0.305 e. The van der Waals surface area contributed by atoms with Crippen LogP contribution < -0.4 is 0 Å². The zero-order valence-electron chi connectivity index (χ0n) is 66.8. The third kappa shape index (κ3) is 8.93. The van der Waals surface area contributed by atoms with Crippen LogP contribution in [0.25, 0.3) is 200 Å². The highest BCUT2D eigenvalue weighted by Crippen LogP contribution is 2.59. The van der Waals surface area contributed by atoms with Gasteiger partial charge >= 0.3 is 0 Å². The SMILES string of the molecule is CC1(C)c2ccccc2-c2cc3c(cc21)c1ccccc1n3-c1nc(-n2c3ccccc3c3cc4c(cc32)-c2ccccc2C4(C)C)c(-n2c3ccccc3c3cc4c(cc32)-c2ccccc2C4(C)C)c(-c2ccc(-c3nc(-c4ccccc4)nc(-c4ccccc4)n3)cc2)c1-n1c2ccccc2c2cc3c(cc21)-c1ccccc1C3(C)C. The molecule has 6 aromatic heterocycles. The van der Waals surface area contributed by atoms with Crippen molar-refractivity contribution in [3.63, 3.8) is 0 Å². The molecule has 0 saturated heterocycles. The van der Waals surface area contributed by atoms with Crippen molar-refractivity contribution in [3.8, 4) is 113 Å². The molecule has 4 aliphatic carbocycles.